The maximum Gasteiger partial charge on any atom is 0.259 e. The molecule has 0 radical (unpaired) electrons. The number of nitrogens with two attached hydrogens (primary N) is 2. The summed E-state index contributed by atoms with van der Waals surface area (Å²) in [5, 5.41) is 6.31. The number of fused-ring (bicyclic) bond motifs is 1. The van der Waals surface area contributed by atoms with Crippen LogP contribution in [-0.4, -0.2) is 65.6 Å². The Kier molecular flexibility index (Phi) is 7.37. The van der Waals surface area contributed by atoms with Crippen LogP contribution in [-0.2, 0) is 10.0 Å². The zero-order chi connectivity index (χ0) is 26.2. The standard InChI is InChI=1S/C25H34FN7O2S/c1-17(2)14-31-9-10-32(36(34,35)25(27)16-30(4)28)15-24(31)22-12-19-13-29-33(23(19)11-18(22)3)21-7-5-20(26)6-8-21/h5-8,11-13,16-17,24H,9-10,14-15,27-28H2,1-4H3/b25-16+. The molecule has 1 fully saturated rings. The van der Waals surface area contributed by atoms with Gasteiger partial charge in [-0.1, -0.05) is 13.8 Å². The molecule has 0 bridgehead atoms. The van der Waals surface area contributed by atoms with Crippen molar-refractivity contribution in [3.05, 3.63) is 70.8 Å². The molecule has 3 aromatic rings. The number of rotatable bonds is 7. The minimum Gasteiger partial charge on any atom is -0.387 e. The summed E-state index contributed by atoms with van der Waals surface area (Å²) in [4.78, 5) is 2.34. The minimum atomic E-state index is -3.86. The van der Waals surface area contributed by atoms with Crippen LogP contribution in [0.4, 0.5) is 4.39 Å². The highest BCUT2D eigenvalue weighted by Gasteiger charge is 2.36. The van der Waals surface area contributed by atoms with E-state index in [0.717, 1.165) is 39.3 Å². The third kappa shape index (κ3) is 5.24. The molecular formula is C25H34FN7O2S. The highest BCUT2D eigenvalue weighted by molar-refractivity contribution is 7.92. The summed E-state index contributed by atoms with van der Waals surface area (Å²) in [6.45, 7) is 8.37. The number of nitrogens with zero attached hydrogens (tertiary/aromatic N) is 5. The van der Waals surface area contributed by atoms with Crippen molar-refractivity contribution in [1.29, 1.82) is 0 Å². The number of piperazine rings is 1. The van der Waals surface area contributed by atoms with Crippen molar-refractivity contribution < 1.29 is 12.8 Å². The topological polar surface area (TPSA) is 114 Å². The van der Waals surface area contributed by atoms with Crippen molar-refractivity contribution in [1.82, 2.24) is 24.0 Å². The lowest BCUT2D eigenvalue weighted by Crippen LogP contribution is -2.52. The Morgan fingerprint density at radius 3 is 2.58 bits per heavy atom. The summed E-state index contributed by atoms with van der Waals surface area (Å²) in [6.07, 6.45) is 3.00. The second-order valence-electron chi connectivity index (χ2n) is 9.76. The third-order valence-electron chi connectivity index (χ3n) is 6.41. The van der Waals surface area contributed by atoms with E-state index in [1.807, 2.05) is 6.92 Å². The van der Waals surface area contributed by atoms with E-state index in [0.29, 0.717) is 19.0 Å². The molecule has 1 aromatic heterocycles. The van der Waals surface area contributed by atoms with E-state index in [1.54, 1.807) is 23.0 Å². The fourth-order valence-electron chi connectivity index (χ4n) is 4.76. The van der Waals surface area contributed by atoms with E-state index in [1.165, 1.54) is 29.7 Å². The lowest BCUT2D eigenvalue weighted by molar-refractivity contribution is 0.105. The van der Waals surface area contributed by atoms with E-state index >= 15 is 0 Å². The number of hydrazine groups is 1. The van der Waals surface area contributed by atoms with Gasteiger partial charge in [0.25, 0.3) is 10.0 Å². The molecule has 0 amide bonds. The van der Waals surface area contributed by atoms with Gasteiger partial charge in [0.05, 0.1) is 23.6 Å². The van der Waals surface area contributed by atoms with Gasteiger partial charge in [0.1, 0.15) is 5.82 Å². The SMILES string of the molecule is Cc1cc2c(cnn2-c2ccc(F)cc2)cc1C1CN(S(=O)(=O)/C(N)=C/N(C)N)CCN1CC(C)C. The Morgan fingerprint density at radius 2 is 1.94 bits per heavy atom. The number of aryl methyl sites for hydroxylation is 1. The molecule has 1 unspecified atom stereocenters. The van der Waals surface area contributed by atoms with Gasteiger partial charge in [0.2, 0.25) is 0 Å². The molecule has 2 heterocycles. The van der Waals surface area contributed by atoms with Crippen molar-refractivity contribution in [2.24, 2.45) is 17.5 Å². The molecule has 2 aromatic carbocycles. The Hall–Kier alpha value is -2.99. The van der Waals surface area contributed by atoms with E-state index in [9.17, 15) is 12.8 Å². The Balaban J connectivity index is 1.73. The van der Waals surface area contributed by atoms with E-state index < -0.39 is 10.0 Å². The summed E-state index contributed by atoms with van der Waals surface area (Å²) in [7, 11) is -2.34. The summed E-state index contributed by atoms with van der Waals surface area (Å²) >= 11 is 0. The van der Waals surface area contributed by atoms with Gasteiger partial charge < -0.3 is 10.7 Å². The molecular weight excluding hydrogens is 481 g/mol. The van der Waals surface area contributed by atoms with E-state index in [-0.39, 0.29) is 23.4 Å². The zero-order valence-electron chi connectivity index (χ0n) is 21.1. The predicted molar refractivity (Wildman–Crippen MR) is 140 cm³/mol. The molecule has 1 aliphatic rings. The number of halogens is 1. The number of sulfonamides is 1. The third-order valence-corrected chi connectivity index (χ3v) is 8.12. The first-order valence-electron chi connectivity index (χ1n) is 11.9. The van der Waals surface area contributed by atoms with Crippen LogP contribution in [0.5, 0.6) is 0 Å². The van der Waals surface area contributed by atoms with Crippen LogP contribution in [0.2, 0.25) is 0 Å². The van der Waals surface area contributed by atoms with Gasteiger partial charge in [-0.2, -0.15) is 9.40 Å². The molecule has 1 aliphatic heterocycles. The second kappa shape index (κ2) is 10.2. The van der Waals surface area contributed by atoms with Crippen LogP contribution in [0, 0.1) is 18.7 Å². The zero-order valence-corrected chi connectivity index (χ0v) is 21.9. The van der Waals surface area contributed by atoms with Gasteiger partial charge in [0, 0.05) is 44.7 Å². The predicted octanol–water partition coefficient (Wildman–Crippen LogP) is 2.68. The van der Waals surface area contributed by atoms with Crippen LogP contribution in [0.15, 0.2) is 53.8 Å². The first-order valence-corrected chi connectivity index (χ1v) is 13.3. The van der Waals surface area contributed by atoms with Gasteiger partial charge in [-0.3, -0.25) is 4.90 Å². The summed E-state index contributed by atoms with van der Waals surface area (Å²) < 4.78 is 43.0. The molecule has 194 valence electrons. The molecule has 4 N–H and O–H groups in total. The number of aromatic nitrogens is 2. The summed E-state index contributed by atoms with van der Waals surface area (Å²) in [5.74, 6) is 5.71. The molecule has 0 saturated carbocycles. The molecule has 11 heteroatoms. The first-order chi connectivity index (χ1) is 17.0. The van der Waals surface area contributed by atoms with E-state index in [2.05, 4.69) is 36.0 Å². The number of hydrogen-bond donors (Lipinski definition) is 2. The van der Waals surface area contributed by atoms with Gasteiger partial charge in [0.15, 0.2) is 5.03 Å². The monoisotopic (exact) mass is 515 g/mol. The smallest absolute Gasteiger partial charge is 0.259 e. The highest BCUT2D eigenvalue weighted by atomic mass is 32.2. The fourth-order valence-corrected chi connectivity index (χ4v) is 6.01. The number of hydrogen-bond acceptors (Lipinski definition) is 7. The van der Waals surface area contributed by atoms with Crippen molar-refractivity contribution >= 4 is 20.9 Å². The average molecular weight is 516 g/mol. The summed E-state index contributed by atoms with van der Waals surface area (Å²) in [5.41, 5.74) is 9.65. The van der Waals surface area contributed by atoms with Gasteiger partial charge in [-0.25, -0.2) is 23.3 Å². The fraction of sp³-hybridized carbons (Fsp3) is 0.400. The number of benzene rings is 2. The van der Waals surface area contributed by atoms with Crippen molar-refractivity contribution in [2.75, 3.05) is 33.2 Å². The van der Waals surface area contributed by atoms with Crippen LogP contribution >= 0.6 is 0 Å². The molecule has 9 nitrogen and oxygen atoms in total. The van der Waals surface area contributed by atoms with Crippen LogP contribution in [0.3, 0.4) is 0 Å². The average Bonchev–Trinajstić information content (AvgIpc) is 3.21. The maximum absolute atomic E-state index is 13.4. The van der Waals surface area contributed by atoms with Gasteiger partial charge in [-0.15, -0.1) is 0 Å². The first kappa shape index (κ1) is 26.1. The largest absolute Gasteiger partial charge is 0.387 e. The molecule has 36 heavy (non-hydrogen) atoms. The lowest BCUT2D eigenvalue weighted by atomic mass is 9.96. The van der Waals surface area contributed by atoms with Crippen molar-refractivity contribution in [3.8, 4) is 5.69 Å². The molecule has 1 saturated heterocycles. The molecule has 1 atom stereocenters. The van der Waals surface area contributed by atoms with Gasteiger partial charge in [-0.05, 0) is 60.4 Å². The summed E-state index contributed by atoms with van der Waals surface area (Å²) in [6, 6.07) is 10.2. The normalized spacial score (nSPS) is 18.3. The molecule has 0 spiro atoms. The van der Waals surface area contributed by atoms with Crippen LogP contribution in [0.1, 0.15) is 31.0 Å². The second-order valence-corrected chi connectivity index (χ2v) is 11.7. The highest BCUT2D eigenvalue weighted by Crippen LogP contribution is 2.33. The Morgan fingerprint density at radius 1 is 1.25 bits per heavy atom. The maximum atomic E-state index is 13.4. The van der Waals surface area contributed by atoms with E-state index in [4.69, 9.17) is 11.6 Å². The quantitative estimate of drug-likeness (QED) is 0.367. The van der Waals surface area contributed by atoms with Crippen molar-refractivity contribution in [2.45, 2.75) is 26.8 Å². The van der Waals surface area contributed by atoms with Gasteiger partial charge >= 0.3 is 0 Å². The Labute approximate surface area is 211 Å². The van der Waals surface area contributed by atoms with Crippen molar-refractivity contribution in [3.63, 3.8) is 0 Å². The van der Waals surface area contributed by atoms with Crippen LogP contribution < -0.4 is 11.6 Å². The Bertz CT molecular complexity index is 1370. The molecule has 0 aliphatic carbocycles. The minimum absolute atomic E-state index is 0.155. The lowest BCUT2D eigenvalue weighted by Gasteiger charge is -2.42. The molecule has 4 rings (SSSR count). The van der Waals surface area contributed by atoms with Crippen LogP contribution in [0.25, 0.3) is 16.6 Å².